The molecule has 1 fully saturated rings. The minimum atomic E-state index is -3.82. The minimum Gasteiger partial charge on any atom is -0.462 e. The Morgan fingerprint density at radius 2 is 1.89 bits per heavy atom. The maximum atomic E-state index is 14.4. The number of alkyl halides is 2. The standard InChI is InChI=1S/C22H28F2N3O9PS/c1-12(2)34-19(31)13(3)26-37(38,36-14-7-5-4-6-8-14)33-11-22(20(23)24)17(30)16(29)18(35-22)27-10-9-15(28)25-21(27)32/h4-10,12-13,16-18,20,29-30H,11H2,1-3H3,(H,26,38)(H,25,28,32). The van der Waals surface area contributed by atoms with Crippen LogP contribution in [0.3, 0.4) is 0 Å². The number of benzene rings is 1. The number of esters is 1. The molecular formula is C22H28F2N3O9PS. The number of aliphatic hydroxyl groups is 2. The number of H-pyrrole nitrogens is 1. The molecule has 210 valence electrons. The van der Waals surface area contributed by atoms with Crippen LogP contribution in [-0.2, 0) is 30.6 Å². The Bertz CT molecular complexity index is 1280. The minimum absolute atomic E-state index is 0.199. The molecule has 6 atom stereocenters. The Labute approximate surface area is 220 Å². The van der Waals surface area contributed by atoms with E-state index in [0.717, 1.165) is 12.3 Å². The second kappa shape index (κ2) is 12.1. The van der Waals surface area contributed by atoms with Crippen LogP contribution in [0.25, 0.3) is 0 Å². The summed E-state index contributed by atoms with van der Waals surface area (Å²) in [5.74, 6) is -0.507. The number of nitrogens with zero attached hydrogens (tertiary/aromatic N) is 1. The average molecular weight is 580 g/mol. The predicted octanol–water partition coefficient (Wildman–Crippen LogP) is 1.04. The number of carbonyl (C=O) groups is 1. The third kappa shape index (κ3) is 6.72. The summed E-state index contributed by atoms with van der Waals surface area (Å²) in [5, 5.41) is 23.8. The molecule has 0 aliphatic carbocycles. The highest BCUT2D eigenvalue weighted by Crippen LogP contribution is 2.49. The molecule has 0 saturated carbocycles. The van der Waals surface area contributed by atoms with Crippen molar-refractivity contribution in [3.63, 3.8) is 0 Å². The van der Waals surface area contributed by atoms with Gasteiger partial charge < -0.3 is 28.7 Å². The molecule has 2 heterocycles. The number of aliphatic hydroxyl groups excluding tert-OH is 2. The molecule has 0 radical (unpaired) electrons. The summed E-state index contributed by atoms with van der Waals surface area (Å²) in [4.78, 5) is 37.8. The fourth-order valence-electron chi connectivity index (χ4n) is 3.54. The quantitative estimate of drug-likeness (QED) is 0.222. The summed E-state index contributed by atoms with van der Waals surface area (Å²) in [7, 11) is 0. The molecule has 1 saturated heterocycles. The number of hydrogen-bond acceptors (Lipinski definition) is 10. The van der Waals surface area contributed by atoms with Gasteiger partial charge in [0.15, 0.2) is 11.8 Å². The van der Waals surface area contributed by atoms with Gasteiger partial charge in [-0.1, -0.05) is 18.2 Å². The largest absolute Gasteiger partial charge is 0.462 e. The molecular weight excluding hydrogens is 551 g/mol. The van der Waals surface area contributed by atoms with Crippen LogP contribution in [0.4, 0.5) is 8.78 Å². The highest BCUT2D eigenvalue weighted by molar-refractivity contribution is 8.09. The second-order valence-corrected chi connectivity index (χ2v) is 11.9. The molecule has 16 heteroatoms. The third-order valence-corrected chi connectivity index (χ3v) is 7.92. The summed E-state index contributed by atoms with van der Waals surface area (Å²) < 4.78 is 51.4. The Hall–Kier alpha value is -2.52. The zero-order valence-corrected chi connectivity index (χ0v) is 22.2. The topological polar surface area (TPSA) is 161 Å². The number of ether oxygens (including phenoxy) is 2. The van der Waals surface area contributed by atoms with Gasteiger partial charge in [-0.05, 0) is 44.7 Å². The summed E-state index contributed by atoms with van der Waals surface area (Å²) in [6, 6.07) is 7.82. The first-order valence-corrected chi connectivity index (χ1v) is 14.0. The van der Waals surface area contributed by atoms with Gasteiger partial charge in [-0.25, -0.2) is 18.7 Å². The monoisotopic (exact) mass is 579 g/mol. The first-order chi connectivity index (χ1) is 17.8. The molecule has 2 aromatic rings. The Morgan fingerprint density at radius 1 is 1.24 bits per heavy atom. The number of para-hydroxylation sites is 1. The highest BCUT2D eigenvalue weighted by atomic mass is 32.5. The predicted molar refractivity (Wildman–Crippen MR) is 133 cm³/mol. The van der Waals surface area contributed by atoms with E-state index in [0.29, 0.717) is 4.57 Å². The second-order valence-electron chi connectivity index (χ2n) is 8.73. The number of hydrogen-bond donors (Lipinski definition) is 4. The maximum Gasteiger partial charge on any atom is 0.330 e. The van der Waals surface area contributed by atoms with Gasteiger partial charge in [0.1, 0.15) is 24.0 Å². The van der Waals surface area contributed by atoms with Crippen LogP contribution in [0.2, 0.25) is 0 Å². The maximum absolute atomic E-state index is 14.4. The van der Waals surface area contributed by atoms with Crippen LogP contribution < -0.4 is 20.9 Å². The molecule has 1 aromatic heterocycles. The molecule has 38 heavy (non-hydrogen) atoms. The summed E-state index contributed by atoms with van der Waals surface area (Å²) in [6.07, 6.45) is -9.03. The first-order valence-electron chi connectivity index (χ1n) is 11.4. The number of carbonyl (C=O) groups excluding carboxylic acids is 1. The van der Waals surface area contributed by atoms with E-state index in [9.17, 15) is 33.4 Å². The van der Waals surface area contributed by atoms with E-state index < -0.39 is 73.1 Å². The lowest BCUT2D eigenvalue weighted by atomic mass is 9.96. The molecule has 1 aromatic carbocycles. The SMILES string of the molecule is CC(C)OC(=O)C(C)NP(=S)(OCC1(C(F)F)OC(n2ccc(=O)[nH]c2=O)C(O)C1O)Oc1ccccc1. The van der Waals surface area contributed by atoms with Crippen LogP contribution in [0.1, 0.15) is 27.0 Å². The van der Waals surface area contributed by atoms with E-state index in [1.165, 1.54) is 19.1 Å². The fraction of sp³-hybridized carbons (Fsp3) is 0.500. The van der Waals surface area contributed by atoms with Crippen molar-refractivity contribution < 1.29 is 42.3 Å². The molecule has 0 spiro atoms. The molecule has 6 unspecified atom stereocenters. The normalized spacial score (nSPS) is 25.8. The lowest BCUT2D eigenvalue weighted by Gasteiger charge is -2.34. The van der Waals surface area contributed by atoms with Crippen molar-refractivity contribution in [2.75, 3.05) is 6.61 Å². The third-order valence-electron chi connectivity index (χ3n) is 5.44. The Balaban J connectivity index is 1.90. The number of rotatable bonds is 11. The van der Waals surface area contributed by atoms with E-state index in [2.05, 4.69) is 5.09 Å². The van der Waals surface area contributed by atoms with Crippen molar-refractivity contribution in [3.05, 3.63) is 63.4 Å². The van der Waals surface area contributed by atoms with Gasteiger partial charge >= 0.3 is 18.3 Å². The van der Waals surface area contributed by atoms with Gasteiger partial charge in [0.05, 0.1) is 12.7 Å². The number of aromatic nitrogens is 2. The Morgan fingerprint density at radius 3 is 2.47 bits per heavy atom. The van der Waals surface area contributed by atoms with Crippen LogP contribution in [0, 0.1) is 0 Å². The summed E-state index contributed by atoms with van der Waals surface area (Å²) >= 11 is 5.50. The lowest BCUT2D eigenvalue weighted by Crippen LogP contribution is -2.53. The van der Waals surface area contributed by atoms with E-state index in [1.54, 1.807) is 32.0 Å². The number of nitrogens with one attached hydrogen (secondary N) is 2. The van der Waals surface area contributed by atoms with E-state index in [4.69, 9.17) is 30.3 Å². The van der Waals surface area contributed by atoms with Crippen molar-refractivity contribution in [2.24, 2.45) is 0 Å². The van der Waals surface area contributed by atoms with Gasteiger partial charge in [-0.2, -0.15) is 0 Å². The van der Waals surface area contributed by atoms with Gasteiger partial charge in [0.25, 0.3) is 12.0 Å². The summed E-state index contributed by atoms with van der Waals surface area (Å²) in [6.45, 7) is -0.247. The van der Waals surface area contributed by atoms with Crippen LogP contribution in [0.15, 0.2) is 52.2 Å². The molecule has 4 N–H and O–H groups in total. The van der Waals surface area contributed by atoms with Crippen molar-refractivity contribution in [2.45, 2.75) is 63.4 Å². The number of halogens is 2. The first kappa shape index (κ1) is 30.0. The van der Waals surface area contributed by atoms with Gasteiger partial charge in [0.2, 0.25) is 0 Å². The van der Waals surface area contributed by atoms with Crippen molar-refractivity contribution in [3.8, 4) is 5.75 Å². The lowest BCUT2D eigenvalue weighted by molar-refractivity contribution is -0.192. The van der Waals surface area contributed by atoms with Gasteiger partial charge in [-0.3, -0.25) is 19.1 Å². The average Bonchev–Trinajstić information content (AvgIpc) is 3.09. The van der Waals surface area contributed by atoms with E-state index >= 15 is 0 Å². The molecule has 3 rings (SSSR count). The molecule has 1 aliphatic rings. The summed E-state index contributed by atoms with van der Waals surface area (Å²) in [5.41, 5.74) is -4.69. The van der Waals surface area contributed by atoms with E-state index in [-0.39, 0.29) is 5.75 Å². The van der Waals surface area contributed by atoms with Crippen LogP contribution in [0.5, 0.6) is 5.75 Å². The van der Waals surface area contributed by atoms with Crippen LogP contribution in [-0.4, -0.2) is 68.7 Å². The van der Waals surface area contributed by atoms with E-state index in [1.807, 2.05) is 4.98 Å². The fourth-order valence-corrected chi connectivity index (χ4v) is 5.96. The number of aromatic amines is 1. The Kier molecular flexibility index (Phi) is 9.57. The van der Waals surface area contributed by atoms with Gasteiger partial charge in [-0.15, -0.1) is 0 Å². The zero-order chi connectivity index (χ0) is 28.3. The molecule has 12 nitrogen and oxygen atoms in total. The molecule has 0 bridgehead atoms. The van der Waals surface area contributed by atoms with Crippen LogP contribution >= 0.6 is 6.64 Å². The smallest absolute Gasteiger partial charge is 0.330 e. The van der Waals surface area contributed by atoms with Crippen molar-refractivity contribution in [1.29, 1.82) is 0 Å². The van der Waals surface area contributed by atoms with Crippen molar-refractivity contribution >= 4 is 24.4 Å². The highest BCUT2D eigenvalue weighted by Gasteiger charge is 2.61. The zero-order valence-electron chi connectivity index (χ0n) is 20.5. The van der Waals surface area contributed by atoms with Crippen molar-refractivity contribution in [1.82, 2.24) is 14.6 Å². The molecule has 1 aliphatic heterocycles. The molecule has 0 amide bonds. The van der Waals surface area contributed by atoms with Gasteiger partial charge in [0, 0.05) is 12.3 Å².